The maximum atomic E-state index is 5.45. The monoisotopic (exact) mass is 136 g/mol. The number of alkyl halides is 1. The normalized spacial score (nSPS) is 9.75. The van der Waals surface area contributed by atoms with Crippen LogP contribution in [0.2, 0.25) is 0 Å². The van der Waals surface area contributed by atoms with Crippen molar-refractivity contribution in [3.63, 3.8) is 0 Å². The van der Waals surface area contributed by atoms with Crippen molar-refractivity contribution < 1.29 is 5.32 Å². The fraction of sp³-hybridized carbons (Fsp3) is 1.00. The standard InChI is InChI=1S/C6H14ClN/c1-2-3-5-8-6-4-7/h8H,2-6H2,1H3/p+1. The van der Waals surface area contributed by atoms with Crippen molar-refractivity contribution in [2.45, 2.75) is 19.8 Å². The second-order valence-electron chi connectivity index (χ2n) is 1.91. The molecule has 2 heteroatoms. The summed E-state index contributed by atoms with van der Waals surface area (Å²) < 4.78 is 0. The first-order chi connectivity index (χ1) is 3.91. The number of quaternary nitrogens is 1. The van der Waals surface area contributed by atoms with E-state index < -0.39 is 0 Å². The van der Waals surface area contributed by atoms with Gasteiger partial charge in [0.05, 0.1) is 19.0 Å². The third-order valence-electron chi connectivity index (χ3n) is 1.08. The maximum Gasteiger partial charge on any atom is 0.0893 e. The smallest absolute Gasteiger partial charge is 0.0893 e. The van der Waals surface area contributed by atoms with Crippen LogP contribution >= 0.6 is 11.6 Å². The molecule has 0 aromatic carbocycles. The van der Waals surface area contributed by atoms with Crippen LogP contribution in [0.4, 0.5) is 0 Å². The minimum Gasteiger partial charge on any atom is -0.345 e. The Hall–Kier alpha value is 0.250. The molecule has 0 aliphatic rings. The zero-order valence-electron chi connectivity index (χ0n) is 5.49. The van der Waals surface area contributed by atoms with Gasteiger partial charge in [-0.05, 0) is 6.42 Å². The Balaban J connectivity index is 2.53. The van der Waals surface area contributed by atoms with Gasteiger partial charge in [-0.2, -0.15) is 0 Å². The average molecular weight is 137 g/mol. The summed E-state index contributed by atoms with van der Waals surface area (Å²) in [7, 11) is 0. The highest BCUT2D eigenvalue weighted by Gasteiger charge is 1.85. The molecular weight excluding hydrogens is 122 g/mol. The summed E-state index contributed by atoms with van der Waals surface area (Å²) in [4.78, 5) is 0. The van der Waals surface area contributed by atoms with Crippen LogP contribution in [0.25, 0.3) is 0 Å². The predicted octanol–water partition coefficient (Wildman–Crippen LogP) is 0.589. The Morgan fingerprint density at radius 2 is 2.12 bits per heavy atom. The number of hydrogen-bond donors (Lipinski definition) is 1. The summed E-state index contributed by atoms with van der Waals surface area (Å²) in [6.07, 6.45) is 2.61. The van der Waals surface area contributed by atoms with Crippen molar-refractivity contribution in [2.75, 3.05) is 19.0 Å². The van der Waals surface area contributed by atoms with Crippen LogP contribution in [0.1, 0.15) is 19.8 Å². The Morgan fingerprint density at radius 1 is 1.38 bits per heavy atom. The van der Waals surface area contributed by atoms with E-state index in [0.717, 1.165) is 12.4 Å². The van der Waals surface area contributed by atoms with Gasteiger partial charge in [-0.15, -0.1) is 11.6 Å². The molecule has 0 heterocycles. The van der Waals surface area contributed by atoms with Gasteiger partial charge >= 0.3 is 0 Å². The van der Waals surface area contributed by atoms with Crippen molar-refractivity contribution in [3.8, 4) is 0 Å². The molecule has 0 aliphatic carbocycles. The highest BCUT2D eigenvalue weighted by Crippen LogP contribution is 1.77. The molecule has 0 radical (unpaired) electrons. The van der Waals surface area contributed by atoms with Crippen molar-refractivity contribution in [2.24, 2.45) is 0 Å². The van der Waals surface area contributed by atoms with Gasteiger partial charge in [0.25, 0.3) is 0 Å². The van der Waals surface area contributed by atoms with Crippen LogP contribution in [0.15, 0.2) is 0 Å². The fourth-order valence-electron chi connectivity index (χ4n) is 0.570. The third kappa shape index (κ3) is 6.25. The highest BCUT2D eigenvalue weighted by atomic mass is 35.5. The summed E-state index contributed by atoms with van der Waals surface area (Å²) in [5, 5.41) is 2.26. The van der Waals surface area contributed by atoms with Crippen LogP contribution in [0.5, 0.6) is 0 Å². The molecule has 50 valence electrons. The second kappa shape index (κ2) is 7.25. The van der Waals surface area contributed by atoms with E-state index >= 15 is 0 Å². The molecule has 0 fully saturated rings. The molecule has 0 spiro atoms. The second-order valence-corrected chi connectivity index (χ2v) is 2.29. The average Bonchev–Trinajstić information content (AvgIpc) is 1.81. The van der Waals surface area contributed by atoms with E-state index in [-0.39, 0.29) is 0 Å². The lowest BCUT2D eigenvalue weighted by Crippen LogP contribution is -2.84. The van der Waals surface area contributed by atoms with E-state index in [1.54, 1.807) is 0 Å². The van der Waals surface area contributed by atoms with Crippen LogP contribution in [-0.4, -0.2) is 19.0 Å². The molecule has 0 amide bonds. The first-order valence-corrected chi connectivity index (χ1v) is 3.83. The van der Waals surface area contributed by atoms with Crippen molar-refractivity contribution >= 4 is 11.6 Å². The SMILES string of the molecule is CCCC[NH2+]CCCl. The lowest BCUT2D eigenvalue weighted by Gasteiger charge is -1.94. The van der Waals surface area contributed by atoms with E-state index in [0.29, 0.717) is 0 Å². The molecule has 1 nitrogen and oxygen atoms in total. The van der Waals surface area contributed by atoms with E-state index in [4.69, 9.17) is 11.6 Å². The van der Waals surface area contributed by atoms with Gasteiger partial charge in [0, 0.05) is 0 Å². The van der Waals surface area contributed by atoms with Crippen LogP contribution < -0.4 is 5.32 Å². The van der Waals surface area contributed by atoms with Gasteiger partial charge in [-0.25, -0.2) is 0 Å². The molecule has 8 heavy (non-hydrogen) atoms. The number of nitrogens with two attached hydrogens (primary N) is 1. The van der Waals surface area contributed by atoms with E-state index in [1.807, 2.05) is 0 Å². The molecule has 0 saturated carbocycles. The van der Waals surface area contributed by atoms with Crippen molar-refractivity contribution in [1.29, 1.82) is 0 Å². The number of rotatable bonds is 5. The van der Waals surface area contributed by atoms with E-state index in [1.165, 1.54) is 19.4 Å². The molecule has 0 rings (SSSR count). The Bertz CT molecular complexity index is 33.5. The largest absolute Gasteiger partial charge is 0.345 e. The molecule has 0 aromatic rings. The molecule has 0 aromatic heterocycles. The third-order valence-corrected chi connectivity index (χ3v) is 1.29. The van der Waals surface area contributed by atoms with Crippen LogP contribution in [-0.2, 0) is 0 Å². The summed E-state index contributed by atoms with van der Waals surface area (Å²) in [5.41, 5.74) is 0. The summed E-state index contributed by atoms with van der Waals surface area (Å²) in [6.45, 7) is 4.51. The van der Waals surface area contributed by atoms with Gasteiger partial charge in [-0.3, -0.25) is 0 Å². The zero-order valence-corrected chi connectivity index (χ0v) is 6.25. The highest BCUT2D eigenvalue weighted by molar-refractivity contribution is 6.17. The maximum absolute atomic E-state index is 5.45. The Labute approximate surface area is 56.4 Å². The minimum atomic E-state index is 0.781. The summed E-state index contributed by atoms with van der Waals surface area (Å²) >= 11 is 5.45. The van der Waals surface area contributed by atoms with Crippen molar-refractivity contribution in [3.05, 3.63) is 0 Å². The topological polar surface area (TPSA) is 16.6 Å². The summed E-state index contributed by atoms with van der Waals surface area (Å²) in [6, 6.07) is 0. The number of halogens is 1. The Kier molecular flexibility index (Phi) is 7.48. The molecular formula is C6H15ClN+. The van der Waals surface area contributed by atoms with Gasteiger partial charge in [0.1, 0.15) is 0 Å². The molecule has 0 aliphatic heterocycles. The molecule has 0 unspecified atom stereocenters. The number of unbranched alkanes of at least 4 members (excludes halogenated alkanes) is 1. The first-order valence-electron chi connectivity index (χ1n) is 3.29. The summed E-state index contributed by atoms with van der Waals surface area (Å²) in [5.74, 6) is 0.781. The van der Waals surface area contributed by atoms with Gasteiger partial charge < -0.3 is 5.32 Å². The van der Waals surface area contributed by atoms with Gasteiger partial charge in [0.2, 0.25) is 0 Å². The van der Waals surface area contributed by atoms with Crippen LogP contribution in [0, 0.1) is 0 Å². The predicted molar refractivity (Wildman–Crippen MR) is 37.3 cm³/mol. The Morgan fingerprint density at radius 3 is 2.62 bits per heavy atom. The number of hydrogen-bond acceptors (Lipinski definition) is 0. The zero-order chi connectivity index (χ0) is 6.24. The molecule has 0 bridgehead atoms. The first kappa shape index (κ1) is 8.25. The fourth-order valence-corrected chi connectivity index (χ4v) is 0.724. The quantitative estimate of drug-likeness (QED) is 0.421. The lowest BCUT2D eigenvalue weighted by atomic mass is 10.3. The molecule has 2 N–H and O–H groups in total. The minimum absolute atomic E-state index is 0.781. The van der Waals surface area contributed by atoms with Gasteiger partial charge in [-0.1, -0.05) is 13.3 Å². The lowest BCUT2D eigenvalue weighted by molar-refractivity contribution is -0.651. The van der Waals surface area contributed by atoms with E-state index in [2.05, 4.69) is 12.2 Å². The molecule has 0 saturated heterocycles. The van der Waals surface area contributed by atoms with Crippen LogP contribution in [0.3, 0.4) is 0 Å². The van der Waals surface area contributed by atoms with Crippen molar-refractivity contribution in [1.82, 2.24) is 0 Å². The van der Waals surface area contributed by atoms with E-state index in [9.17, 15) is 0 Å². The van der Waals surface area contributed by atoms with Gasteiger partial charge in [0.15, 0.2) is 0 Å². The molecule has 0 atom stereocenters.